The minimum absolute atomic E-state index is 0.349. The summed E-state index contributed by atoms with van der Waals surface area (Å²) in [5.74, 6) is 0.536. The molecule has 1 aromatic carbocycles. The van der Waals surface area contributed by atoms with E-state index >= 15 is 0 Å². The first-order valence-corrected chi connectivity index (χ1v) is 6.02. The highest BCUT2D eigenvalue weighted by Gasteiger charge is 2.34. The molecule has 2 N–H and O–H groups in total. The maximum atomic E-state index is 5.84. The number of hydrogen-bond acceptors (Lipinski definition) is 2. The maximum absolute atomic E-state index is 5.84. The number of hydrogen-bond donors (Lipinski definition) is 1. The first kappa shape index (κ1) is 10.5. The van der Waals surface area contributed by atoms with Crippen LogP contribution in [-0.2, 0) is 0 Å². The standard InChI is InChI=1S/C15H16N2/c1-10-3-2-4-11(7-10)15-6-5-12(9-17-15)13-8-14(13)16/h2-7,9,13-14H,8,16H2,1H3/t13-,14+/m1/s1. The maximum Gasteiger partial charge on any atom is 0.0702 e. The van der Waals surface area contributed by atoms with Gasteiger partial charge in [0.05, 0.1) is 5.69 Å². The Morgan fingerprint density at radius 3 is 2.65 bits per heavy atom. The smallest absolute Gasteiger partial charge is 0.0702 e. The molecule has 0 unspecified atom stereocenters. The number of nitrogens with two attached hydrogens (primary N) is 1. The summed E-state index contributed by atoms with van der Waals surface area (Å²) in [6.45, 7) is 2.10. The molecule has 1 aliphatic carbocycles. The second-order valence-corrected chi connectivity index (χ2v) is 4.85. The third kappa shape index (κ3) is 2.08. The quantitative estimate of drug-likeness (QED) is 0.852. The second-order valence-electron chi connectivity index (χ2n) is 4.85. The average Bonchev–Trinajstić information content (AvgIpc) is 3.07. The van der Waals surface area contributed by atoms with Crippen LogP contribution in [0.25, 0.3) is 11.3 Å². The molecule has 3 rings (SSSR count). The molecule has 1 aliphatic rings. The lowest BCUT2D eigenvalue weighted by atomic mass is 10.1. The van der Waals surface area contributed by atoms with Crippen molar-refractivity contribution in [1.29, 1.82) is 0 Å². The van der Waals surface area contributed by atoms with Crippen LogP contribution in [0.3, 0.4) is 0 Å². The van der Waals surface area contributed by atoms with Crippen LogP contribution < -0.4 is 5.73 Å². The Balaban J connectivity index is 1.89. The molecule has 1 aromatic heterocycles. The minimum Gasteiger partial charge on any atom is -0.327 e. The summed E-state index contributed by atoms with van der Waals surface area (Å²) in [4.78, 5) is 4.53. The molecule has 0 radical (unpaired) electrons. The number of rotatable bonds is 2. The molecule has 0 aliphatic heterocycles. The van der Waals surface area contributed by atoms with Crippen molar-refractivity contribution in [2.24, 2.45) is 5.73 Å². The molecular weight excluding hydrogens is 208 g/mol. The summed E-state index contributed by atoms with van der Waals surface area (Å²) in [7, 11) is 0. The molecular formula is C15H16N2. The van der Waals surface area contributed by atoms with Gasteiger partial charge in [-0.1, -0.05) is 29.8 Å². The van der Waals surface area contributed by atoms with Gasteiger partial charge in [0, 0.05) is 23.7 Å². The molecule has 0 bridgehead atoms. The molecule has 1 fully saturated rings. The van der Waals surface area contributed by atoms with Crippen molar-refractivity contribution in [1.82, 2.24) is 4.98 Å². The van der Waals surface area contributed by atoms with Crippen LogP contribution in [-0.4, -0.2) is 11.0 Å². The third-order valence-corrected chi connectivity index (χ3v) is 3.37. The van der Waals surface area contributed by atoms with Crippen LogP contribution in [0, 0.1) is 6.92 Å². The molecule has 2 nitrogen and oxygen atoms in total. The highest BCUT2D eigenvalue weighted by Crippen LogP contribution is 2.38. The van der Waals surface area contributed by atoms with Gasteiger partial charge in [0.25, 0.3) is 0 Å². The number of benzene rings is 1. The van der Waals surface area contributed by atoms with Gasteiger partial charge < -0.3 is 5.73 Å². The predicted octanol–water partition coefficient (Wildman–Crippen LogP) is 2.87. The Labute approximate surface area is 102 Å². The third-order valence-electron chi connectivity index (χ3n) is 3.37. The highest BCUT2D eigenvalue weighted by atomic mass is 14.8. The van der Waals surface area contributed by atoms with E-state index in [1.807, 2.05) is 6.20 Å². The SMILES string of the molecule is Cc1cccc(-c2ccc([C@H]3C[C@@H]3N)cn2)c1. The summed E-state index contributed by atoms with van der Waals surface area (Å²) < 4.78 is 0. The highest BCUT2D eigenvalue weighted by molar-refractivity contribution is 5.60. The van der Waals surface area contributed by atoms with Gasteiger partial charge in [0.1, 0.15) is 0 Å². The summed E-state index contributed by atoms with van der Waals surface area (Å²) in [5.41, 5.74) is 10.6. The predicted molar refractivity (Wildman–Crippen MR) is 69.7 cm³/mol. The molecule has 17 heavy (non-hydrogen) atoms. The topological polar surface area (TPSA) is 38.9 Å². The normalized spacial score (nSPS) is 22.5. The van der Waals surface area contributed by atoms with Crippen LogP contribution in [0.15, 0.2) is 42.6 Å². The van der Waals surface area contributed by atoms with Gasteiger partial charge in [-0.2, -0.15) is 0 Å². The lowest BCUT2D eigenvalue weighted by Gasteiger charge is -2.03. The van der Waals surface area contributed by atoms with Crippen LogP contribution in [0.5, 0.6) is 0 Å². The first-order chi connectivity index (χ1) is 8.24. The Hall–Kier alpha value is -1.67. The van der Waals surface area contributed by atoms with Gasteiger partial charge >= 0.3 is 0 Å². The summed E-state index contributed by atoms with van der Waals surface area (Å²) in [6, 6.07) is 13.0. The number of aryl methyl sites for hydroxylation is 1. The largest absolute Gasteiger partial charge is 0.327 e. The van der Waals surface area contributed by atoms with Crippen molar-refractivity contribution in [3.63, 3.8) is 0 Å². The van der Waals surface area contributed by atoms with Gasteiger partial charge in [-0.05, 0) is 31.0 Å². The van der Waals surface area contributed by atoms with Crippen molar-refractivity contribution in [3.05, 3.63) is 53.7 Å². The molecule has 0 amide bonds. The molecule has 2 atom stereocenters. The zero-order valence-corrected chi connectivity index (χ0v) is 9.93. The van der Waals surface area contributed by atoms with Crippen molar-refractivity contribution in [3.8, 4) is 11.3 Å². The van der Waals surface area contributed by atoms with E-state index in [4.69, 9.17) is 5.73 Å². The van der Waals surface area contributed by atoms with E-state index in [2.05, 4.69) is 48.3 Å². The summed E-state index contributed by atoms with van der Waals surface area (Å²) in [6.07, 6.45) is 3.07. The van der Waals surface area contributed by atoms with Gasteiger partial charge in [-0.15, -0.1) is 0 Å². The first-order valence-electron chi connectivity index (χ1n) is 6.02. The summed E-state index contributed by atoms with van der Waals surface area (Å²) in [5, 5.41) is 0. The zero-order valence-electron chi connectivity index (χ0n) is 9.93. The molecule has 2 aromatic rings. The van der Waals surface area contributed by atoms with E-state index in [-0.39, 0.29) is 0 Å². The zero-order chi connectivity index (χ0) is 11.8. The van der Waals surface area contributed by atoms with Crippen LogP contribution >= 0.6 is 0 Å². The van der Waals surface area contributed by atoms with Gasteiger partial charge in [-0.3, -0.25) is 4.98 Å². The van der Waals surface area contributed by atoms with Crippen molar-refractivity contribution >= 4 is 0 Å². The van der Waals surface area contributed by atoms with E-state index in [9.17, 15) is 0 Å². The number of aromatic nitrogens is 1. The van der Waals surface area contributed by atoms with Crippen molar-refractivity contribution < 1.29 is 0 Å². The lowest BCUT2D eigenvalue weighted by molar-refractivity contribution is 0.981. The Morgan fingerprint density at radius 2 is 2.06 bits per heavy atom. The Bertz CT molecular complexity index is 531. The monoisotopic (exact) mass is 224 g/mol. The van der Waals surface area contributed by atoms with Gasteiger partial charge in [0.15, 0.2) is 0 Å². The number of pyridine rings is 1. The Kier molecular flexibility index (Phi) is 2.45. The molecule has 2 heteroatoms. The molecule has 86 valence electrons. The molecule has 1 heterocycles. The van der Waals surface area contributed by atoms with E-state index in [1.165, 1.54) is 16.7 Å². The van der Waals surface area contributed by atoms with Crippen molar-refractivity contribution in [2.75, 3.05) is 0 Å². The lowest BCUT2D eigenvalue weighted by Crippen LogP contribution is -2.01. The minimum atomic E-state index is 0.349. The van der Waals surface area contributed by atoms with Crippen LogP contribution in [0.4, 0.5) is 0 Å². The number of nitrogens with zero attached hydrogens (tertiary/aromatic N) is 1. The summed E-state index contributed by atoms with van der Waals surface area (Å²) >= 11 is 0. The Morgan fingerprint density at radius 1 is 1.24 bits per heavy atom. The molecule has 0 saturated heterocycles. The second kappa shape index (κ2) is 3.97. The van der Waals surface area contributed by atoms with E-state index < -0.39 is 0 Å². The van der Waals surface area contributed by atoms with E-state index in [0.717, 1.165) is 12.1 Å². The molecule has 0 spiro atoms. The van der Waals surface area contributed by atoms with Crippen LogP contribution in [0.1, 0.15) is 23.5 Å². The fourth-order valence-corrected chi connectivity index (χ4v) is 2.20. The van der Waals surface area contributed by atoms with Gasteiger partial charge in [-0.25, -0.2) is 0 Å². The van der Waals surface area contributed by atoms with E-state index in [0.29, 0.717) is 12.0 Å². The fraction of sp³-hybridized carbons (Fsp3) is 0.267. The molecule has 1 saturated carbocycles. The average molecular weight is 224 g/mol. The van der Waals surface area contributed by atoms with Crippen molar-refractivity contribution in [2.45, 2.75) is 25.3 Å². The van der Waals surface area contributed by atoms with Gasteiger partial charge in [0.2, 0.25) is 0 Å². The van der Waals surface area contributed by atoms with E-state index in [1.54, 1.807) is 0 Å². The fourth-order valence-electron chi connectivity index (χ4n) is 2.20. The van der Waals surface area contributed by atoms with Crippen LogP contribution in [0.2, 0.25) is 0 Å².